The molecule has 0 heterocycles. The zero-order chi connectivity index (χ0) is 19.5. The first-order chi connectivity index (χ1) is 12.8. The highest BCUT2D eigenvalue weighted by molar-refractivity contribution is 7.92. The monoisotopic (exact) mass is 393 g/mol. The van der Waals surface area contributed by atoms with Crippen LogP contribution < -0.4 is 9.46 Å². The number of hydrogen-bond donors (Lipinski definition) is 1. The molecule has 4 nitrogen and oxygen atoms in total. The van der Waals surface area contributed by atoms with E-state index < -0.39 is 27.5 Å². The molecule has 3 aromatic carbocycles. The van der Waals surface area contributed by atoms with Crippen LogP contribution in [0.15, 0.2) is 83.8 Å². The quantitative estimate of drug-likeness (QED) is 0.640. The second-order valence-corrected chi connectivity index (χ2v) is 7.22. The Labute approximate surface area is 154 Å². The molecule has 27 heavy (non-hydrogen) atoms. The van der Waals surface area contributed by atoms with Gasteiger partial charge in [-0.05, 0) is 48.5 Å². The third-order valence-corrected chi connectivity index (χ3v) is 4.97. The van der Waals surface area contributed by atoms with Crippen LogP contribution in [-0.4, -0.2) is 8.42 Å². The van der Waals surface area contributed by atoms with Gasteiger partial charge in [-0.2, -0.15) is 13.2 Å². The fourth-order valence-corrected chi connectivity index (χ4v) is 3.41. The molecule has 140 valence electrons. The number of halogens is 3. The number of hydrogen-bond acceptors (Lipinski definition) is 3. The molecule has 0 aliphatic rings. The number of rotatable bonds is 5. The van der Waals surface area contributed by atoms with Gasteiger partial charge in [0.25, 0.3) is 10.0 Å². The van der Waals surface area contributed by atoms with Crippen molar-refractivity contribution in [3.05, 3.63) is 84.4 Å². The van der Waals surface area contributed by atoms with E-state index in [2.05, 4.69) is 0 Å². The van der Waals surface area contributed by atoms with Gasteiger partial charge in [0.15, 0.2) is 0 Å². The largest absolute Gasteiger partial charge is 0.457 e. The summed E-state index contributed by atoms with van der Waals surface area (Å²) in [4.78, 5) is -0.181. The minimum absolute atomic E-state index is 0.181. The number of anilines is 1. The highest BCUT2D eigenvalue weighted by Gasteiger charge is 2.34. The Balaban J connectivity index is 1.82. The molecule has 3 rings (SSSR count). The van der Waals surface area contributed by atoms with E-state index in [1.807, 2.05) is 10.8 Å². The number of alkyl halides is 3. The molecule has 0 fully saturated rings. The van der Waals surface area contributed by atoms with Crippen LogP contribution in [0.4, 0.5) is 18.9 Å². The molecule has 0 atom stereocenters. The number of para-hydroxylation sites is 2. The van der Waals surface area contributed by atoms with E-state index >= 15 is 0 Å². The normalized spacial score (nSPS) is 11.8. The zero-order valence-electron chi connectivity index (χ0n) is 13.8. The van der Waals surface area contributed by atoms with Crippen LogP contribution in [0.3, 0.4) is 0 Å². The lowest BCUT2D eigenvalue weighted by Gasteiger charge is -2.14. The van der Waals surface area contributed by atoms with Gasteiger partial charge >= 0.3 is 6.18 Å². The fraction of sp³-hybridized carbons (Fsp3) is 0.0526. The topological polar surface area (TPSA) is 55.4 Å². The number of benzene rings is 3. The molecule has 0 aliphatic carbocycles. The van der Waals surface area contributed by atoms with Crippen molar-refractivity contribution in [2.45, 2.75) is 11.1 Å². The highest BCUT2D eigenvalue weighted by atomic mass is 32.2. The van der Waals surface area contributed by atoms with Gasteiger partial charge in [0.05, 0.1) is 16.1 Å². The summed E-state index contributed by atoms with van der Waals surface area (Å²) in [6.45, 7) is 0. The van der Waals surface area contributed by atoms with E-state index in [1.54, 1.807) is 24.3 Å². The molecule has 0 saturated heterocycles. The second kappa shape index (κ2) is 7.32. The standard InChI is InChI=1S/C19H14F3NO3S/c20-19(21,22)17-8-4-5-9-18(17)23-27(24,25)16-12-10-15(11-13-16)26-14-6-2-1-3-7-14/h1-13,23H. The van der Waals surface area contributed by atoms with Crippen molar-refractivity contribution < 1.29 is 26.3 Å². The summed E-state index contributed by atoms with van der Waals surface area (Å²) in [5, 5.41) is 0. The molecule has 0 aromatic heterocycles. The molecule has 0 spiro atoms. The first-order valence-corrected chi connectivity index (χ1v) is 9.26. The average molecular weight is 393 g/mol. The van der Waals surface area contributed by atoms with E-state index in [-0.39, 0.29) is 4.90 Å². The minimum atomic E-state index is -4.67. The zero-order valence-corrected chi connectivity index (χ0v) is 14.6. The summed E-state index contributed by atoms with van der Waals surface area (Å²) < 4.78 is 71.5. The van der Waals surface area contributed by atoms with Crippen LogP contribution in [0.25, 0.3) is 0 Å². The molecule has 0 amide bonds. The van der Waals surface area contributed by atoms with E-state index in [0.717, 1.165) is 12.1 Å². The summed E-state index contributed by atoms with van der Waals surface area (Å²) in [7, 11) is -4.19. The third kappa shape index (κ3) is 4.59. The van der Waals surface area contributed by atoms with Crippen molar-refractivity contribution in [3.63, 3.8) is 0 Å². The van der Waals surface area contributed by atoms with Gasteiger partial charge in [-0.25, -0.2) is 8.42 Å². The Morgan fingerprint density at radius 2 is 1.30 bits per heavy atom. The van der Waals surface area contributed by atoms with Gasteiger partial charge in [-0.15, -0.1) is 0 Å². The Morgan fingerprint density at radius 3 is 1.93 bits per heavy atom. The summed E-state index contributed by atoms with van der Waals surface area (Å²) >= 11 is 0. The van der Waals surface area contributed by atoms with Crippen LogP contribution in [0, 0.1) is 0 Å². The molecule has 0 aliphatic heterocycles. The molecule has 1 N–H and O–H groups in total. The molecule has 8 heteroatoms. The summed E-state index contributed by atoms with van der Waals surface area (Å²) in [6, 6.07) is 18.6. The van der Waals surface area contributed by atoms with E-state index in [0.29, 0.717) is 11.5 Å². The van der Waals surface area contributed by atoms with Gasteiger partial charge in [0.1, 0.15) is 11.5 Å². The molecule has 0 saturated carbocycles. The van der Waals surface area contributed by atoms with Gasteiger partial charge in [0, 0.05) is 0 Å². The average Bonchev–Trinajstić information content (AvgIpc) is 2.62. The van der Waals surface area contributed by atoms with E-state index in [1.165, 1.54) is 36.4 Å². The maximum Gasteiger partial charge on any atom is 0.418 e. The molecule has 0 bridgehead atoms. The van der Waals surface area contributed by atoms with Gasteiger partial charge in [-0.3, -0.25) is 4.72 Å². The summed E-state index contributed by atoms with van der Waals surface area (Å²) in [5.41, 5.74) is -1.59. The van der Waals surface area contributed by atoms with Crippen molar-refractivity contribution in [1.29, 1.82) is 0 Å². The third-order valence-electron chi connectivity index (χ3n) is 3.59. The SMILES string of the molecule is O=S(=O)(Nc1ccccc1C(F)(F)F)c1ccc(Oc2ccccc2)cc1. The van der Waals surface area contributed by atoms with Crippen LogP contribution in [0.2, 0.25) is 0 Å². The van der Waals surface area contributed by atoms with Crippen LogP contribution in [0.1, 0.15) is 5.56 Å². The van der Waals surface area contributed by atoms with E-state index in [9.17, 15) is 21.6 Å². The van der Waals surface area contributed by atoms with Crippen molar-refractivity contribution in [1.82, 2.24) is 0 Å². The van der Waals surface area contributed by atoms with Crippen LogP contribution in [-0.2, 0) is 16.2 Å². The predicted molar refractivity (Wildman–Crippen MR) is 95.2 cm³/mol. The molecule has 3 aromatic rings. The number of sulfonamides is 1. The highest BCUT2D eigenvalue weighted by Crippen LogP contribution is 2.35. The van der Waals surface area contributed by atoms with Gasteiger partial charge < -0.3 is 4.74 Å². The van der Waals surface area contributed by atoms with E-state index in [4.69, 9.17) is 4.74 Å². The van der Waals surface area contributed by atoms with Crippen molar-refractivity contribution in [2.75, 3.05) is 4.72 Å². The number of nitrogens with one attached hydrogen (secondary N) is 1. The predicted octanol–water partition coefficient (Wildman–Crippen LogP) is 5.30. The minimum Gasteiger partial charge on any atom is -0.457 e. The first kappa shape index (κ1) is 18.8. The smallest absolute Gasteiger partial charge is 0.418 e. The van der Waals surface area contributed by atoms with Gasteiger partial charge in [0.2, 0.25) is 0 Å². The van der Waals surface area contributed by atoms with Crippen LogP contribution >= 0.6 is 0 Å². The van der Waals surface area contributed by atoms with Crippen LogP contribution in [0.5, 0.6) is 11.5 Å². The molecule has 0 unspecified atom stereocenters. The molecular weight excluding hydrogens is 379 g/mol. The first-order valence-electron chi connectivity index (χ1n) is 7.78. The lowest BCUT2D eigenvalue weighted by atomic mass is 10.2. The maximum atomic E-state index is 13.0. The summed E-state index contributed by atoms with van der Waals surface area (Å²) in [5.74, 6) is 0.973. The van der Waals surface area contributed by atoms with Gasteiger partial charge in [-0.1, -0.05) is 30.3 Å². The lowest BCUT2D eigenvalue weighted by Crippen LogP contribution is -2.17. The van der Waals surface area contributed by atoms with Crippen molar-refractivity contribution in [3.8, 4) is 11.5 Å². The Hall–Kier alpha value is -3.00. The fourth-order valence-electron chi connectivity index (χ4n) is 2.33. The van der Waals surface area contributed by atoms with Crippen molar-refractivity contribution >= 4 is 15.7 Å². The molecular formula is C19H14F3NO3S. The Kier molecular flexibility index (Phi) is 5.09. The molecule has 0 radical (unpaired) electrons. The summed E-state index contributed by atoms with van der Waals surface area (Å²) in [6.07, 6.45) is -4.67. The van der Waals surface area contributed by atoms with Crippen molar-refractivity contribution in [2.24, 2.45) is 0 Å². The maximum absolute atomic E-state index is 13.0. The Morgan fingerprint density at radius 1 is 0.741 bits per heavy atom. The lowest BCUT2D eigenvalue weighted by molar-refractivity contribution is -0.136. The number of ether oxygens (including phenoxy) is 1. The second-order valence-electron chi connectivity index (χ2n) is 5.54. The Bertz CT molecular complexity index is 1020.